The molecule has 0 bridgehead atoms. The Morgan fingerprint density at radius 3 is 2.76 bits per heavy atom. The monoisotopic (exact) mass is 308 g/mol. The summed E-state index contributed by atoms with van der Waals surface area (Å²) in [6, 6.07) is 9.00. The Labute approximate surface area is 126 Å². The van der Waals surface area contributed by atoms with Crippen LogP contribution in [0.25, 0.3) is 0 Å². The zero-order chi connectivity index (χ0) is 15.4. The Kier molecular flexibility index (Phi) is 4.49. The summed E-state index contributed by atoms with van der Waals surface area (Å²) < 4.78 is 5.12. The molecular weight excluding hydrogens is 296 g/mol. The van der Waals surface area contributed by atoms with E-state index in [1.807, 2.05) is 0 Å². The molecule has 0 atom stereocenters. The number of methoxy groups -OCH3 is 1. The molecule has 0 aromatic heterocycles. The van der Waals surface area contributed by atoms with Crippen molar-refractivity contribution in [1.29, 1.82) is 0 Å². The third-order valence-electron chi connectivity index (χ3n) is 2.91. The molecule has 0 heterocycles. The number of anilines is 1. The van der Waals surface area contributed by atoms with E-state index in [9.17, 15) is 15.2 Å². The van der Waals surface area contributed by atoms with Gasteiger partial charge in [-0.25, -0.2) is 0 Å². The molecular formula is C14H13ClN2O4. The van der Waals surface area contributed by atoms with Gasteiger partial charge in [0.2, 0.25) is 0 Å². The third-order valence-corrected chi connectivity index (χ3v) is 3.14. The van der Waals surface area contributed by atoms with Gasteiger partial charge in [-0.1, -0.05) is 11.6 Å². The van der Waals surface area contributed by atoms with Gasteiger partial charge in [-0.3, -0.25) is 10.1 Å². The molecule has 2 N–H and O–H groups in total. The second-order valence-electron chi connectivity index (χ2n) is 4.27. The van der Waals surface area contributed by atoms with E-state index >= 15 is 0 Å². The van der Waals surface area contributed by atoms with Crippen LogP contribution in [0.15, 0.2) is 36.4 Å². The number of non-ortho nitro benzene ring substituents is 1. The van der Waals surface area contributed by atoms with Crippen LogP contribution < -0.4 is 10.1 Å². The van der Waals surface area contributed by atoms with Gasteiger partial charge in [0.15, 0.2) is 0 Å². The minimum Gasteiger partial charge on any atom is -0.508 e. The number of nitro benzene ring substituents is 1. The molecule has 0 saturated carbocycles. The Balaban J connectivity index is 2.19. The van der Waals surface area contributed by atoms with Gasteiger partial charge in [0, 0.05) is 23.2 Å². The molecule has 2 rings (SSSR count). The van der Waals surface area contributed by atoms with E-state index in [0.717, 1.165) is 0 Å². The van der Waals surface area contributed by atoms with Crippen LogP contribution in [0.5, 0.6) is 11.5 Å². The fourth-order valence-corrected chi connectivity index (χ4v) is 2.02. The van der Waals surface area contributed by atoms with Crippen molar-refractivity contribution < 1.29 is 14.8 Å². The molecule has 0 fully saturated rings. The van der Waals surface area contributed by atoms with Crippen molar-refractivity contribution >= 4 is 23.0 Å². The lowest BCUT2D eigenvalue weighted by Crippen LogP contribution is -2.02. The first kappa shape index (κ1) is 14.9. The first-order valence-electron chi connectivity index (χ1n) is 6.05. The Morgan fingerprint density at radius 1 is 1.33 bits per heavy atom. The van der Waals surface area contributed by atoms with Crippen molar-refractivity contribution in [1.82, 2.24) is 0 Å². The lowest BCUT2D eigenvalue weighted by molar-refractivity contribution is -0.384. The number of phenolic OH excluding ortho intramolecular Hbond substituents is 1. The molecule has 0 aliphatic carbocycles. The van der Waals surface area contributed by atoms with E-state index in [1.54, 1.807) is 18.2 Å². The average molecular weight is 309 g/mol. The molecule has 0 aliphatic heterocycles. The number of benzene rings is 2. The van der Waals surface area contributed by atoms with Gasteiger partial charge >= 0.3 is 0 Å². The maximum atomic E-state index is 10.7. The van der Waals surface area contributed by atoms with Gasteiger partial charge in [0.25, 0.3) is 5.69 Å². The summed E-state index contributed by atoms with van der Waals surface area (Å²) in [6.07, 6.45) is 0. The first-order valence-corrected chi connectivity index (χ1v) is 6.42. The van der Waals surface area contributed by atoms with Crippen LogP contribution in [0.4, 0.5) is 11.4 Å². The fourth-order valence-electron chi connectivity index (χ4n) is 1.83. The van der Waals surface area contributed by atoms with Crippen LogP contribution in [-0.4, -0.2) is 17.1 Å². The van der Waals surface area contributed by atoms with Crippen LogP contribution in [0.1, 0.15) is 5.56 Å². The zero-order valence-corrected chi connectivity index (χ0v) is 11.9. The SMILES string of the molecule is COc1cc([N+](=O)[O-])ccc1NCc1cc(Cl)ccc1O. The van der Waals surface area contributed by atoms with E-state index in [-0.39, 0.29) is 11.4 Å². The van der Waals surface area contributed by atoms with Gasteiger partial charge in [0.1, 0.15) is 11.5 Å². The molecule has 0 aliphatic rings. The van der Waals surface area contributed by atoms with Crippen LogP contribution in [0, 0.1) is 10.1 Å². The highest BCUT2D eigenvalue weighted by Crippen LogP contribution is 2.30. The summed E-state index contributed by atoms with van der Waals surface area (Å²) in [6.45, 7) is 0.306. The fraction of sp³-hybridized carbons (Fsp3) is 0.143. The van der Waals surface area contributed by atoms with E-state index < -0.39 is 4.92 Å². The molecule has 0 saturated heterocycles. The smallest absolute Gasteiger partial charge is 0.273 e. The van der Waals surface area contributed by atoms with Crippen molar-refractivity contribution in [3.63, 3.8) is 0 Å². The standard InChI is InChI=1S/C14H13ClN2O4/c1-21-14-7-11(17(19)20)3-4-12(14)16-8-9-6-10(15)2-5-13(9)18/h2-7,16,18H,8H2,1H3. The molecule has 110 valence electrons. The van der Waals surface area contributed by atoms with E-state index in [0.29, 0.717) is 28.6 Å². The molecule has 2 aromatic rings. The van der Waals surface area contributed by atoms with Gasteiger partial charge in [0.05, 0.1) is 23.8 Å². The van der Waals surface area contributed by atoms with Crippen LogP contribution >= 0.6 is 11.6 Å². The van der Waals surface area contributed by atoms with Crippen molar-refractivity contribution in [2.24, 2.45) is 0 Å². The highest BCUT2D eigenvalue weighted by molar-refractivity contribution is 6.30. The lowest BCUT2D eigenvalue weighted by Gasteiger charge is -2.12. The number of aromatic hydroxyl groups is 1. The number of nitro groups is 1. The maximum Gasteiger partial charge on any atom is 0.273 e. The maximum absolute atomic E-state index is 10.7. The quantitative estimate of drug-likeness (QED) is 0.651. The van der Waals surface area contributed by atoms with Crippen LogP contribution in [0.3, 0.4) is 0 Å². The van der Waals surface area contributed by atoms with Gasteiger partial charge in [-0.15, -0.1) is 0 Å². The Bertz CT molecular complexity index is 676. The number of ether oxygens (including phenoxy) is 1. The van der Waals surface area contributed by atoms with Crippen molar-refractivity contribution in [2.75, 3.05) is 12.4 Å². The predicted molar refractivity (Wildman–Crippen MR) is 80.1 cm³/mol. The number of nitrogens with zero attached hydrogens (tertiary/aromatic N) is 1. The van der Waals surface area contributed by atoms with Crippen molar-refractivity contribution in [3.8, 4) is 11.5 Å². The summed E-state index contributed by atoms with van der Waals surface area (Å²) in [7, 11) is 1.43. The van der Waals surface area contributed by atoms with Gasteiger partial charge in [-0.2, -0.15) is 0 Å². The summed E-state index contributed by atoms with van der Waals surface area (Å²) >= 11 is 5.87. The summed E-state index contributed by atoms with van der Waals surface area (Å²) in [5.74, 6) is 0.471. The lowest BCUT2D eigenvalue weighted by atomic mass is 10.2. The van der Waals surface area contributed by atoms with E-state index in [2.05, 4.69) is 5.32 Å². The highest BCUT2D eigenvalue weighted by atomic mass is 35.5. The molecule has 6 nitrogen and oxygen atoms in total. The molecule has 7 heteroatoms. The minimum absolute atomic E-state index is 0.0528. The van der Waals surface area contributed by atoms with E-state index in [4.69, 9.17) is 16.3 Å². The molecule has 0 spiro atoms. The summed E-state index contributed by atoms with van der Waals surface area (Å²) in [5.41, 5.74) is 1.15. The Morgan fingerprint density at radius 2 is 2.10 bits per heavy atom. The minimum atomic E-state index is -0.491. The largest absolute Gasteiger partial charge is 0.508 e. The second-order valence-corrected chi connectivity index (χ2v) is 4.70. The van der Waals surface area contributed by atoms with E-state index in [1.165, 1.54) is 25.3 Å². The average Bonchev–Trinajstić information content (AvgIpc) is 2.47. The topological polar surface area (TPSA) is 84.6 Å². The second kappa shape index (κ2) is 6.32. The molecule has 0 amide bonds. The zero-order valence-electron chi connectivity index (χ0n) is 11.2. The summed E-state index contributed by atoms with van der Waals surface area (Å²) in [4.78, 5) is 10.2. The van der Waals surface area contributed by atoms with Crippen molar-refractivity contribution in [3.05, 3.63) is 57.1 Å². The number of halogens is 1. The normalized spacial score (nSPS) is 10.2. The van der Waals surface area contributed by atoms with Gasteiger partial charge < -0.3 is 15.2 Å². The first-order chi connectivity index (χ1) is 10.0. The number of nitrogens with one attached hydrogen (secondary N) is 1. The number of hydrogen-bond acceptors (Lipinski definition) is 5. The number of rotatable bonds is 5. The van der Waals surface area contributed by atoms with Crippen LogP contribution in [-0.2, 0) is 6.54 Å². The molecule has 2 aromatic carbocycles. The number of phenols is 1. The summed E-state index contributed by atoms with van der Waals surface area (Å²) in [5, 5.41) is 24.0. The molecule has 0 unspecified atom stereocenters. The Hall–Kier alpha value is -2.47. The molecule has 0 radical (unpaired) electrons. The van der Waals surface area contributed by atoms with Gasteiger partial charge in [-0.05, 0) is 24.3 Å². The highest BCUT2D eigenvalue weighted by Gasteiger charge is 2.11. The molecule has 21 heavy (non-hydrogen) atoms. The van der Waals surface area contributed by atoms with Crippen molar-refractivity contribution in [2.45, 2.75) is 6.54 Å². The predicted octanol–water partition coefficient (Wildman–Crippen LogP) is 3.57. The van der Waals surface area contributed by atoms with Crippen LogP contribution in [0.2, 0.25) is 5.02 Å². The third kappa shape index (κ3) is 3.55. The number of hydrogen-bond donors (Lipinski definition) is 2.